The van der Waals surface area contributed by atoms with Crippen molar-refractivity contribution in [1.29, 1.82) is 0 Å². The highest BCUT2D eigenvalue weighted by Crippen LogP contribution is 2.32. The molecule has 0 saturated heterocycles. The molecular formula is C35H35N3O6S. The first kappa shape index (κ1) is 32.7. The SMILES string of the molecule is CCC(Sc1cccc(NC(=O)/C(=C/c2cccc(OC)c2)NC(=O)c2ccccc2)c1)C(=O)Nc1ccc(OC)cc1OC. The predicted molar refractivity (Wildman–Crippen MR) is 178 cm³/mol. The molecule has 0 aromatic heterocycles. The Morgan fingerprint density at radius 1 is 0.778 bits per heavy atom. The number of rotatable bonds is 13. The van der Waals surface area contributed by atoms with Gasteiger partial charge in [0.25, 0.3) is 11.8 Å². The van der Waals surface area contributed by atoms with Gasteiger partial charge in [-0.1, -0.05) is 43.3 Å². The molecular weight excluding hydrogens is 590 g/mol. The third-order valence-electron chi connectivity index (χ3n) is 6.63. The van der Waals surface area contributed by atoms with Gasteiger partial charge >= 0.3 is 0 Å². The minimum Gasteiger partial charge on any atom is -0.497 e. The highest BCUT2D eigenvalue weighted by atomic mass is 32.2. The van der Waals surface area contributed by atoms with Crippen molar-refractivity contribution in [1.82, 2.24) is 5.32 Å². The summed E-state index contributed by atoms with van der Waals surface area (Å²) < 4.78 is 16.0. The first-order valence-electron chi connectivity index (χ1n) is 14.2. The van der Waals surface area contributed by atoms with Crippen LogP contribution in [-0.2, 0) is 9.59 Å². The second-order valence-electron chi connectivity index (χ2n) is 9.71. The Labute approximate surface area is 267 Å². The van der Waals surface area contributed by atoms with Crippen LogP contribution in [0.15, 0.2) is 108 Å². The molecule has 3 amide bonds. The van der Waals surface area contributed by atoms with Crippen LogP contribution in [0.4, 0.5) is 11.4 Å². The molecule has 0 spiro atoms. The molecule has 0 aliphatic carbocycles. The molecule has 1 unspecified atom stereocenters. The van der Waals surface area contributed by atoms with Gasteiger partial charge in [0.05, 0.1) is 32.3 Å². The van der Waals surface area contributed by atoms with Crippen LogP contribution < -0.4 is 30.2 Å². The molecule has 0 fully saturated rings. The van der Waals surface area contributed by atoms with Crippen LogP contribution in [0.3, 0.4) is 0 Å². The van der Waals surface area contributed by atoms with E-state index >= 15 is 0 Å². The van der Waals surface area contributed by atoms with Crippen molar-refractivity contribution in [2.75, 3.05) is 32.0 Å². The largest absolute Gasteiger partial charge is 0.497 e. The molecule has 45 heavy (non-hydrogen) atoms. The Bertz CT molecular complexity index is 1680. The van der Waals surface area contributed by atoms with Crippen molar-refractivity contribution in [3.63, 3.8) is 0 Å². The highest BCUT2D eigenvalue weighted by molar-refractivity contribution is 8.00. The summed E-state index contributed by atoms with van der Waals surface area (Å²) in [6.07, 6.45) is 2.15. The fourth-order valence-corrected chi connectivity index (χ4v) is 5.30. The van der Waals surface area contributed by atoms with E-state index < -0.39 is 17.1 Å². The zero-order valence-electron chi connectivity index (χ0n) is 25.5. The third-order valence-corrected chi connectivity index (χ3v) is 7.99. The Morgan fingerprint density at radius 3 is 2.22 bits per heavy atom. The van der Waals surface area contributed by atoms with E-state index in [1.54, 1.807) is 105 Å². The smallest absolute Gasteiger partial charge is 0.272 e. The molecule has 0 radical (unpaired) electrons. The number of carbonyl (C=O) groups excluding carboxylic acids is 3. The standard InChI is InChI=1S/C35H35N3O6S/c1-5-32(35(41)37-29-18-17-27(43-3)22-31(29)44-4)45-28-16-10-14-25(21-28)36-34(40)30(20-23-11-9-15-26(19-23)42-2)38-33(39)24-12-7-6-8-13-24/h6-22,32H,5H2,1-4H3,(H,36,40)(H,37,41)(H,38,39)/b30-20-. The number of hydrogen-bond donors (Lipinski definition) is 3. The lowest BCUT2D eigenvalue weighted by Crippen LogP contribution is -2.30. The number of methoxy groups -OCH3 is 3. The van der Waals surface area contributed by atoms with Crippen LogP contribution in [-0.4, -0.2) is 44.3 Å². The van der Waals surface area contributed by atoms with E-state index in [-0.39, 0.29) is 11.6 Å². The second kappa shape index (κ2) is 16.0. The van der Waals surface area contributed by atoms with E-state index in [2.05, 4.69) is 16.0 Å². The van der Waals surface area contributed by atoms with E-state index in [0.29, 0.717) is 46.2 Å². The van der Waals surface area contributed by atoms with E-state index in [9.17, 15) is 14.4 Å². The van der Waals surface area contributed by atoms with Crippen LogP contribution in [0.1, 0.15) is 29.3 Å². The van der Waals surface area contributed by atoms with Gasteiger partial charge in [0.15, 0.2) is 0 Å². The highest BCUT2D eigenvalue weighted by Gasteiger charge is 2.21. The fourth-order valence-electron chi connectivity index (χ4n) is 4.29. The minimum atomic E-state index is -0.513. The van der Waals surface area contributed by atoms with Crippen molar-refractivity contribution in [2.24, 2.45) is 0 Å². The summed E-state index contributed by atoms with van der Waals surface area (Å²) in [6, 6.07) is 28.2. The van der Waals surface area contributed by atoms with Crippen molar-refractivity contribution in [3.8, 4) is 17.2 Å². The summed E-state index contributed by atoms with van der Waals surface area (Å²) >= 11 is 1.37. The molecule has 4 rings (SSSR count). The number of carbonyl (C=O) groups is 3. The van der Waals surface area contributed by atoms with E-state index in [1.807, 2.05) is 19.1 Å². The zero-order valence-corrected chi connectivity index (χ0v) is 26.3. The van der Waals surface area contributed by atoms with Crippen molar-refractivity contribution in [2.45, 2.75) is 23.5 Å². The van der Waals surface area contributed by atoms with Gasteiger partial charge in [-0.3, -0.25) is 14.4 Å². The van der Waals surface area contributed by atoms with Gasteiger partial charge in [-0.05, 0) is 72.7 Å². The minimum absolute atomic E-state index is 0.0504. The van der Waals surface area contributed by atoms with Crippen LogP contribution in [0.25, 0.3) is 6.08 Å². The summed E-state index contributed by atoms with van der Waals surface area (Å²) in [7, 11) is 4.65. The molecule has 0 aliphatic heterocycles. The van der Waals surface area contributed by atoms with Crippen LogP contribution >= 0.6 is 11.8 Å². The van der Waals surface area contributed by atoms with Gasteiger partial charge in [0, 0.05) is 22.2 Å². The molecule has 9 nitrogen and oxygen atoms in total. The molecule has 0 aliphatic rings. The predicted octanol–water partition coefficient (Wildman–Crippen LogP) is 6.63. The maximum Gasteiger partial charge on any atom is 0.272 e. The van der Waals surface area contributed by atoms with Crippen LogP contribution in [0.2, 0.25) is 0 Å². The number of thioether (sulfide) groups is 1. The molecule has 232 valence electrons. The molecule has 4 aromatic carbocycles. The zero-order chi connectivity index (χ0) is 32.2. The maximum absolute atomic E-state index is 13.5. The lowest BCUT2D eigenvalue weighted by molar-refractivity contribution is -0.116. The Balaban J connectivity index is 1.51. The summed E-state index contributed by atoms with van der Waals surface area (Å²) in [5.74, 6) is 0.598. The number of benzene rings is 4. The van der Waals surface area contributed by atoms with Crippen LogP contribution in [0, 0.1) is 0 Å². The Morgan fingerprint density at radius 2 is 1.51 bits per heavy atom. The van der Waals surface area contributed by atoms with Crippen LogP contribution in [0.5, 0.6) is 17.2 Å². The monoisotopic (exact) mass is 625 g/mol. The maximum atomic E-state index is 13.5. The number of anilines is 2. The average molecular weight is 626 g/mol. The van der Waals surface area contributed by atoms with Crippen molar-refractivity contribution in [3.05, 3.63) is 114 Å². The number of hydrogen-bond acceptors (Lipinski definition) is 7. The third kappa shape index (κ3) is 9.14. The molecule has 0 saturated carbocycles. The topological polar surface area (TPSA) is 115 Å². The number of nitrogens with one attached hydrogen (secondary N) is 3. The normalized spacial score (nSPS) is 11.6. The molecule has 1 atom stereocenters. The molecule has 3 N–H and O–H groups in total. The first-order valence-corrected chi connectivity index (χ1v) is 15.0. The lowest BCUT2D eigenvalue weighted by atomic mass is 10.1. The quantitative estimate of drug-likeness (QED) is 0.113. The number of amides is 3. The molecule has 4 aromatic rings. The summed E-state index contributed by atoms with van der Waals surface area (Å²) in [4.78, 5) is 40.5. The molecule has 10 heteroatoms. The van der Waals surface area contributed by atoms with Gasteiger partial charge in [-0.15, -0.1) is 11.8 Å². The van der Waals surface area contributed by atoms with Gasteiger partial charge < -0.3 is 30.2 Å². The lowest BCUT2D eigenvalue weighted by Gasteiger charge is -2.17. The van der Waals surface area contributed by atoms with Crippen molar-refractivity contribution >= 4 is 46.9 Å². The van der Waals surface area contributed by atoms with Gasteiger partial charge in [-0.25, -0.2) is 0 Å². The van der Waals surface area contributed by atoms with Gasteiger partial charge in [-0.2, -0.15) is 0 Å². The second-order valence-corrected chi connectivity index (χ2v) is 11.0. The first-order chi connectivity index (χ1) is 21.8. The Kier molecular flexibility index (Phi) is 11.6. The summed E-state index contributed by atoms with van der Waals surface area (Å²) in [5, 5.41) is 8.14. The average Bonchev–Trinajstić information content (AvgIpc) is 3.07. The molecule has 0 bridgehead atoms. The summed E-state index contributed by atoms with van der Waals surface area (Å²) in [5.41, 5.74) is 2.17. The number of ether oxygens (including phenoxy) is 3. The van der Waals surface area contributed by atoms with E-state index in [1.165, 1.54) is 18.9 Å². The summed E-state index contributed by atoms with van der Waals surface area (Å²) in [6.45, 7) is 1.93. The van der Waals surface area contributed by atoms with Crippen molar-refractivity contribution < 1.29 is 28.6 Å². The Hall–Kier alpha value is -5.22. The van der Waals surface area contributed by atoms with Gasteiger partial charge in [0.1, 0.15) is 22.9 Å². The molecule has 0 heterocycles. The van der Waals surface area contributed by atoms with Gasteiger partial charge in [0.2, 0.25) is 5.91 Å². The van der Waals surface area contributed by atoms with E-state index in [4.69, 9.17) is 14.2 Å². The van der Waals surface area contributed by atoms with E-state index in [0.717, 1.165) is 4.90 Å². The fraction of sp³-hybridized carbons (Fsp3) is 0.171.